The van der Waals surface area contributed by atoms with E-state index in [4.69, 9.17) is 4.74 Å². The summed E-state index contributed by atoms with van der Waals surface area (Å²) in [6, 6.07) is 0. The van der Waals surface area contributed by atoms with Crippen LogP contribution in [0, 0.1) is 23.7 Å². The standard InChI is InChI=1S/C19H34N2O2/c1-19(2,3)23-18(22)21-10-4-5-14(13-21)11-20-12-17(15-6-7-15)16-8-9-16/h14-17,20H,4-13H2,1-3H3. The van der Waals surface area contributed by atoms with E-state index in [1.165, 1.54) is 38.6 Å². The van der Waals surface area contributed by atoms with Crippen molar-refractivity contribution in [2.75, 3.05) is 26.2 Å². The third-order valence-corrected chi connectivity index (χ3v) is 5.44. The van der Waals surface area contributed by atoms with Crippen molar-refractivity contribution in [3.05, 3.63) is 0 Å². The predicted octanol–water partition coefficient (Wildman–Crippen LogP) is 3.66. The fourth-order valence-electron chi connectivity index (χ4n) is 3.95. The molecule has 2 aliphatic carbocycles. The lowest BCUT2D eigenvalue weighted by Gasteiger charge is -2.34. The molecule has 1 amide bonds. The summed E-state index contributed by atoms with van der Waals surface area (Å²) in [5, 5.41) is 3.73. The van der Waals surface area contributed by atoms with Crippen molar-refractivity contribution in [1.29, 1.82) is 0 Å². The highest BCUT2D eigenvalue weighted by molar-refractivity contribution is 5.68. The minimum atomic E-state index is -0.399. The van der Waals surface area contributed by atoms with E-state index >= 15 is 0 Å². The molecule has 1 aliphatic heterocycles. The number of nitrogens with one attached hydrogen (secondary N) is 1. The van der Waals surface area contributed by atoms with Gasteiger partial charge in [0.05, 0.1) is 0 Å². The Balaban J connectivity index is 1.39. The first-order valence-electron chi connectivity index (χ1n) is 9.61. The van der Waals surface area contributed by atoms with Gasteiger partial charge in [-0.15, -0.1) is 0 Å². The SMILES string of the molecule is CC(C)(C)OC(=O)N1CCCC(CNCC(C2CC2)C2CC2)C1. The van der Waals surface area contributed by atoms with E-state index in [0.29, 0.717) is 5.92 Å². The minimum absolute atomic E-state index is 0.143. The normalized spacial score (nSPS) is 25.7. The van der Waals surface area contributed by atoms with E-state index in [1.807, 2.05) is 25.7 Å². The molecule has 3 rings (SSSR count). The molecule has 1 N–H and O–H groups in total. The second kappa shape index (κ2) is 7.00. The van der Waals surface area contributed by atoms with Crippen LogP contribution >= 0.6 is 0 Å². The molecule has 1 atom stereocenters. The number of piperidine rings is 1. The quantitative estimate of drug-likeness (QED) is 0.811. The van der Waals surface area contributed by atoms with Gasteiger partial charge in [0.1, 0.15) is 5.60 Å². The zero-order chi connectivity index (χ0) is 16.4. The van der Waals surface area contributed by atoms with E-state index in [2.05, 4.69) is 5.32 Å². The maximum atomic E-state index is 12.2. The number of carbonyl (C=O) groups is 1. The lowest BCUT2D eigenvalue weighted by atomic mass is 9.96. The molecular weight excluding hydrogens is 288 g/mol. The zero-order valence-electron chi connectivity index (χ0n) is 15.1. The van der Waals surface area contributed by atoms with Gasteiger partial charge in [-0.05, 0) is 96.1 Å². The zero-order valence-corrected chi connectivity index (χ0v) is 15.1. The van der Waals surface area contributed by atoms with E-state index in [0.717, 1.165) is 43.8 Å². The van der Waals surface area contributed by atoms with Gasteiger partial charge in [-0.2, -0.15) is 0 Å². The number of hydrogen-bond acceptors (Lipinski definition) is 3. The van der Waals surface area contributed by atoms with Gasteiger partial charge >= 0.3 is 6.09 Å². The highest BCUT2D eigenvalue weighted by Gasteiger charge is 2.41. The Labute approximate surface area is 141 Å². The molecule has 0 spiro atoms. The third-order valence-electron chi connectivity index (χ3n) is 5.44. The van der Waals surface area contributed by atoms with Gasteiger partial charge in [0.25, 0.3) is 0 Å². The maximum absolute atomic E-state index is 12.2. The van der Waals surface area contributed by atoms with Crippen molar-refractivity contribution in [3.63, 3.8) is 0 Å². The molecule has 1 heterocycles. The average Bonchev–Trinajstić information content (AvgIpc) is 3.36. The first-order chi connectivity index (χ1) is 10.9. The Kier molecular flexibility index (Phi) is 5.19. The summed E-state index contributed by atoms with van der Waals surface area (Å²) in [5.41, 5.74) is -0.399. The van der Waals surface area contributed by atoms with E-state index in [1.54, 1.807) is 0 Å². The topological polar surface area (TPSA) is 41.6 Å². The van der Waals surface area contributed by atoms with Crippen LogP contribution in [-0.2, 0) is 4.74 Å². The molecule has 2 saturated carbocycles. The highest BCUT2D eigenvalue weighted by atomic mass is 16.6. The fourth-order valence-corrected chi connectivity index (χ4v) is 3.95. The number of hydrogen-bond donors (Lipinski definition) is 1. The van der Waals surface area contributed by atoms with Crippen molar-refractivity contribution < 1.29 is 9.53 Å². The van der Waals surface area contributed by atoms with Crippen LogP contribution in [0.25, 0.3) is 0 Å². The molecule has 0 radical (unpaired) electrons. The summed E-state index contributed by atoms with van der Waals surface area (Å²) in [7, 11) is 0. The maximum Gasteiger partial charge on any atom is 0.410 e. The summed E-state index contributed by atoms with van der Waals surface area (Å²) >= 11 is 0. The van der Waals surface area contributed by atoms with Crippen LogP contribution in [0.2, 0.25) is 0 Å². The van der Waals surface area contributed by atoms with Crippen LogP contribution < -0.4 is 5.32 Å². The predicted molar refractivity (Wildman–Crippen MR) is 92.3 cm³/mol. The number of rotatable bonds is 6. The molecule has 132 valence electrons. The van der Waals surface area contributed by atoms with Crippen LogP contribution in [0.5, 0.6) is 0 Å². The summed E-state index contributed by atoms with van der Waals surface area (Å²) in [6.45, 7) is 9.74. The molecule has 3 aliphatic rings. The van der Waals surface area contributed by atoms with Crippen molar-refractivity contribution >= 4 is 6.09 Å². The van der Waals surface area contributed by atoms with Gasteiger partial charge in [-0.25, -0.2) is 4.79 Å². The largest absolute Gasteiger partial charge is 0.444 e. The Bertz CT molecular complexity index is 398. The van der Waals surface area contributed by atoms with Gasteiger partial charge in [0.15, 0.2) is 0 Å². The Hall–Kier alpha value is -0.770. The fraction of sp³-hybridized carbons (Fsp3) is 0.947. The summed E-state index contributed by atoms with van der Waals surface area (Å²) in [4.78, 5) is 14.1. The van der Waals surface area contributed by atoms with Gasteiger partial charge in [-0.1, -0.05) is 0 Å². The number of nitrogens with zero attached hydrogens (tertiary/aromatic N) is 1. The van der Waals surface area contributed by atoms with E-state index in [-0.39, 0.29) is 6.09 Å². The third kappa shape index (κ3) is 5.37. The molecule has 4 nitrogen and oxygen atoms in total. The number of carbonyl (C=O) groups excluding carboxylic acids is 1. The minimum Gasteiger partial charge on any atom is -0.444 e. The van der Waals surface area contributed by atoms with Crippen molar-refractivity contribution in [1.82, 2.24) is 10.2 Å². The molecular formula is C19H34N2O2. The first kappa shape index (κ1) is 17.1. The van der Waals surface area contributed by atoms with Crippen LogP contribution in [0.4, 0.5) is 4.79 Å². The van der Waals surface area contributed by atoms with Crippen LogP contribution in [0.3, 0.4) is 0 Å². The Morgan fingerprint density at radius 2 is 1.83 bits per heavy atom. The smallest absolute Gasteiger partial charge is 0.410 e. The molecule has 0 bridgehead atoms. The van der Waals surface area contributed by atoms with Gasteiger partial charge in [0.2, 0.25) is 0 Å². The van der Waals surface area contributed by atoms with Crippen molar-refractivity contribution in [2.45, 2.75) is 64.9 Å². The molecule has 1 saturated heterocycles. The van der Waals surface area contributed by atoms with Crippen molar-refractivity contribution in [2.24, 2.45) is 23.7 Å². The number of ether oxygens (including phenoxy) is 1. The second-order valence-electron chi connectivity index (χ2n) is 8.93. The van der Waals surface area contributed by atoms with Gasteiger partial charge < -0.3 is 15.0 Å². The molecule has 0 aromatic heterocycles. The monoisotopic (exact) mass is 322 g/mol. The lowest BCUT2D eigenvalue weighted by molar-refractivity contribution is 0.0166. The molecule has 23 heavy (non-hydrogen) atoms. The molecule has 0 aromatic rings. The average molecular weight is 322 g/mol. The molecule has 3 fully saturated rings. The number of amides is 1. The van der Waals surface area contributed by atoms with E-state index < -0.39 is 5.60 Å². The van der Waals surface area contributed by atoms with Crippen molar-refractivity contribution in [3.8, 4) is 0 Å². The Morgan fingerprint density at radius 1 is 1.17 bits per heavy atom. The van der Waals surface area contributed by atoms with Gasteiger partial charge in [0, 0.05) is 13.1 Å². The van der Waals surface area contributed by atoms with Crippen LogP contribution in [0.15, 0.2) is 0 Å². The Morgan fingerprint density at radius 3 is 2.39 bits per heavy atom. The molecule has 0 aromatic carbocycles. The summed E-state index contributed by atoms with van der Waals surface area (Å²) in [5.74, 6) is 3.54. The summed E-state index contributed by atoms with van der Waals surface area (Å²) < 4.78 is 5.51. The van der Waals surface area contributed by atoms with Crippen LogP contribution in [-0.4, -0.2) is 42.8 Å². The van der Waals surface area contributed by atoms with E-state index in [9.17, 15) is 4.79 Å². The van der Waals surface area contributed by atoms with Crippen LogP contribution in [0.1, 0.15) is 59.3 Å². The molecule has 1 unspecified atom stereocenters. The molecule has 4 heteroatoms. The lowest BCUT2D eigenvalue weighted by Crippen LogP contribution is -2.45. The van der Waals surface area contributed by atoms with Gasteiger partial charge in [-0.3, -0.25) is 0 Å². The summed E-state index contributed by atoms with van der Waals surface area (Å²) in [6.07, 6.45) is 8.01. The number of likely N-dealkylation sites (tertiary alicyclic amines) is 1. The highest BCUT2D eigenvalue weighted by Crippen LogP contribution is 2.48. The second-order valence-corrected chi connectivity index (χ2v) is 8.93. The first-order valence-corrected chi connectivity index (χ1v) is 9.61.